The number of benzene rings is 2. The molecule has 0 aromatic heterocycles. The maximum atomic E-state index is 13.0. The van der Waals surface area contributed by atoms with Gasteiger partial charge in [-0.05, 0) is 36.1 Å². The second kappa shape index (κ2) is 10.1. The Kier molecular flexibility index (Phi) is 7.24. The number of amides is 2. The van der Waals surface area contributed by atoms with E-state index in [4.69, 9.17) is 5.73 Å². The van der Waals surface area contributed by atoms with Crippen molar-refractivity contribution in [2.45, 2.75) is 64.2 Å². The molecule has 0 unspecified atom stereocenters. The number of unbranched alkanes of at least 4 members (excludes halogenated alkanes) is 6. The van der Waals surface area contributed by atoms with Gasteiger partial charge in [0, 0.05) is 19.3 Å². The van der Waals surface area contributed by atoms with Crippen molar-refractivity contribution in [1.29, 1.82) is 0 Å². The molecule has 0 bridgehead atoms. The lowest BCUT2D eigenvalue weighted by molar-refractivity contribution is -0.118. The summed E-state index contributed by atoms with van der Waals surface area (Å²) in [7, 11) is 0. The third-order valence-electron chi connectivity index (χ3n) is 5.41. The average molecular weight is 379 g/mol. The number of hydrogen-bond donors (Lipinski definition) is 1. The Balaban J connectivity index is 1.48. The van der Waals surface area contributed by atoms with Gasteiger partial charge >= 0.3 is 0 Å². The van der Waals surface area contributed by atoms with Gasteiger partial charge in [-0.25, -0.2) is 0 Å². The fourth-order valence-corrected chi connectivity index (χ4v) is 3.93. The summed E-state index contributed by atoms with van der Waals surface area (Å²) in [5.41, 5.74) is 9.63. The van der Waals surface area contributed by atoms with Gasteiger partial charge < -0.3 is 5.73 Å². The molecular formula is C24H30N2O2. The molecule has 148 valence electrons. The minimum Gasteiger partial charge on any atom is -0.370 e. The van der Waals surface area contributed by atoms with E-state index in [1.807, 2.05) is 29.2 Å². The highest BCUT2D eigenvalue weighted by atomic mass is 16.2. The van der Waals surface area contributed by atoms with Gasteiger partial charge in [-0.2, -0.15) is 0 Å². The van der Waals surface area contributed by atoms with Crippen LogP contribution in [-0.2, 0) is 16.0 Å². The van der Waals surface area contributed by atoms with Crippen LogP contribution < -0.4 is 10.6 Å². The quantitative estimate of drug-likeness (QED) is 0.574. The topological polar surface area (TPSA) is 63.4 Å². The first-order valence-electron chi connectivity index (χ1n) is 10.4. The first kappa shape index (κ1) is 20.1. The van der Waals surface area contributed by atoms with Crippen LogP contribution in [0.3, 0.4) is 0 Å². The number of para-hydroxylation sites is 2. The van der Waals surface area contributed by atoms with E-state index in [1.165, 1.54) is 11.1 Å². The molecule has 4 nitrogen and oxygen atoms in total. The van der Waals surface area contributed by atoms with Gasteiger partial charge in [-0.15, -0.1) is 0 Å². The summed E-state index contributed by atoms with van der Waals surface area (Å²) in [5, 5.41) is 0. The molecule has 2 aromatic carbocycles. The van der Waals surface area contributed by atoms with Gasteiger partial charge in [0.25, 0.3) is 0 Å². The Morgan fingerprint density at radius 1 is 0.714 bits per heavy atom. The van der Waals surface area contributed by atoms with E-state index < -0.39 is 0 Å². The molecule has 2 aromatic rings. The zero-order valence-electron chi connectivity index (χ0n) is 16.5. The average Bonchev–Trinajstić information content (AvgIpc) is 2.70. The SMILES string of the molecule is NC(=O)CCCCCCCCCC(=O)N1c2ccccc2Cc2ccccc21. The minimum atomic E-state index is -0.209. The fraction of sp³-hybridized carbons (Fsp3) is 0.417. The van der Waals surface area contributed by atoms with Gasteiger partial charge in [0.05, 0.1) is 11.4 Å². The van der Waals surface area contributed by atoms with Crippen molar-refractivity contribution < 1.29 is 9.59 Å². The molecule has 0 radical (unpaired) electrons. The Bertz CT molecular complexity index is 770. The third kappa shape index (κ3) is 5.22. The molecule has 4 heteroatoms. The summed E-state index contributed by atoms with van der Waals surface area (Å²) < 4.78 is 0. The van der Waals surface area contributed by atoms with Crippen LogP contribution in [-0.4, -0.2) is 11.8 Å². The molecule has 0 aliphatic carbocycles. The number of primary amides is 1. The van der Waals surface area contributed by atoms with Crippen LogP contribution in [0, 0.1) is 0 Å². The summed E-state index contributed by atoms with van der Waals surface area (Å²) in [4.78, 5) is 25.7. The Morgan fingerprint density at radius 3 is 1.71 bits per heavy atom. The highest BCUT2D eigenvalue weighted by molar-refractivity contribution is 6.03. The van der Waals surface area contributed by atoms with Gasteiger partial charge in [0.15, 0.2) is 0 Å². The van der Waals surface area contributed by atoms with E-state index in [2.05, 4.69) is 24.3 Å². The van der Waals surface area contributed by atoms with E-state index in [9.17, 15) is 9.59 Å². The summed E-state index contributed by atoms with van der Waals surface area (Å²) in [6.07, 6.45) is 9.31. The Labute approximate surface area is 167 Å². The second-order valence-corrected chi connectivity index (χ2v) is 7.60. The highest BCUT2D eigenvalue weighted by Gasteiger charge is 2.26. The lowest BCUT2D eigenvalue weighted by Crippen LogP contribution is -2.30. The molecule has 0 fully saturated rings. The van der Waals surface area contributed by atoms with Crippen molar-refractivity contribution in [1.82, 2.24) is 0 Å². The lowest BCUT2D eigenvalue weighted by Gasteiger charge is -2.31. The van der Waals surface area contributed by atoms with Crippen LogP contribution >= 0.6 is 0 Å². The van der Waals surface area contributed by atoms with Crippen LogP contribution in [0.2, 0.25) is 0 Å². The predicted octanol–water partition coefficient (Wildman–Crippen LogP) is 5.25. The van der Waals surface area contributed by atoms with Crippen molar-refractivity contribution in [3.63, 3.8) is 0 Å². The van der Waals surface area contributed by atoms with Crippen molar-refractivity contribution in [2.24, 2.45) is 5.73 Å². The molecule has 3 rings (SSSR count). The zero-order chi connectivity index (χ0) is 19.8. The third-order valence-corrected chi connectivity index (χ3v) is 5.41. The highest BCUT2D eigenvalue weighted by Crippen LogP contribution is 2.38. The molecule has 0 atom stereocenters. The number of anilines is 2. The number of nitrogens with zero attached hydrogens (tertiary/aromatic N) is 1. The number of fused-ring (bicyclic) bond motifs is 2. The summed E-state index contributed by atoms with van der Waals surface area (Å²) >= 11 is 0. The summed E-state index contributed by atoms with van der Waals surface area (Å²) in [6, 6.07) is 16.4. The second-order valence-electron chi connectivity index (χ2n) is 7.60. The van der Waals surface area contributed by atoms with Gasteiger partial charge in [0.2, 0.25) is 11.8 Å². The van der Waals surface area contributed by atoms with Crippen molar-refractivity contribution in [3.8, 4) is 0 Å². The molecule has 0 saturated heterocycles. The van der Waals surface area contributed by atoms with Crippen molar-refractivity contribution >= 4 is 23.2 Å². The predicted molar refractivity (Wildman–Crippen MR) is 114 cm³/mol. The molecule has 28 heavy (non-hydrogen) atoms. The van der Waals surface area contributed by atoms with Crippen LogP contribution in [0.5, 0.6) is 0 Å². The Morgan fingerprint density at radius 2 is 1.18 bits per heavy atom. The van der Waals surface area contributed by atoms with E-state index in [0.29, 0.717) is 12.8 Å². The molecular weight excluding hydrogens is 348 g/mol. The van der Waals surface area contributed by atoms with Crippen molar-refractivity contribution in [2.75, 3.05) is 4.90 Å². The normalized spacial score (nSPS) is 12.4. The van der Waals surface area contributed by atoms with E-state index in [-0.39, 0.29) is 11.8 Å². The lowest BCUT2D eigenvalue weighted by atomic mass is 9.95. The molecule has 0 saturated carbocycles. The Hall–Kier alpha value is -2.62. The number of carbonyl (C=O) groups excluding carboxylic acids is 2. The maximum absolute atomic E-state index is 13.0. The number of rotatable bonds is 10. The van der Waals surface area contributed by atoms with Gasteiger partial charge in [0.1, 0.15) is 0 Å². The summed E-state index contributed by atoms with van der Waals surface area (Å²) in [6.45, 7) is 0. The molecule has 2 amide bonds. The van der Waals surface area contributed by atoms with E-state index in [0.717, 1.165) is 62.7 Å². The standard InChI is InChI=1S/C24H30N2O2/c25-23(27)16-6-4-2-1-3-5-7-17-24(28)26-21-14-10-8-12-19(21)18-20-13-9-11-15-22(20)26/h8-15H,1-7,16-18H2,(H2,25,27). The van der Waals surface area contributed by atoms with E-state index >= 15 is 0 Å². The molecule has 1 aliphatic heterocycles. The van der Waals surface area contributed by atoms with Crippen LogP contribution in [0.25, 0.3) is 0 Å². The van der Waals surface area contributed by atoms with Crippen molar-refractivity contribution in [3.05, 3.63) is 59.7 Å². The fourth-order valence-electron chi connectivity index (χ4n) is 3.93. The number of carbonyl (C=O) groups is 2. The largest absolute Gasteiger partial charge is 0.370 e. The first-order chi connectivity index (χ1) is 13.7. The molecule has 1 aliphatic rings. The maximum Gasteiger partial charge on any atom is 0.231 e. The van der Waals surface area contributed by atoms with Crippen LogP contribution in [0.1, 0.15) is 68.9 Å². The van der Waals surface area contributed by atoms with Gasteiger partial charge in [-0.1, -0.05) is 68.5 Å². The van der Waals surface area contributed by atoms with Crippen LogP contribution in [0.4, 0.5) is 11.4 Å². The molecule has 0 spiro atoms. The zero-order valence-corrected chi connectivity index (χ0v) is 16.5. The minimum absolute atomic E-state index is 0.182. The smallest absolute Gasteiger partial charge is 0.231 e. The summed E-state index contributed by atoms with van der Waals surface area (Å²) in [5.74, 6) is -0.0274. The number of nitrogens with two attached hydrogens (primary N) is 1. The molecule has 2 N–H and O–H groups in total. The van der Waals surface area contributed by atoms with Crippen LogP contribution in [0.15, 0.2) is 48.5 Å². The van der Waals surface area contributed by atoms with E-state index in [1.54, 1.807) is 0 Å². The molecule has 1 heterocycles. The van der Waals surface area contributed by atoms with Gasteiger partial charge in [-0.3, -0.25) is 14.5 Å². The first-order valence-corrected chi connectivity index (χ1v) is 10.4. The monoisotopic (exact) mass is 378 g/mol. The number of hydrogen-bond acceptors (Lipinski definition) is 2.